The zero-order valence-corrected chi connectivity index (χ0v) is 11.3. The van der Waals surface area contributed by atoms with E-state index in [1.807, 2.05) is 30.5 Å². The minimum atomic E-state index is -2.93. The van der Waals surface area contributed by atoms with Gasteiger partial charge in [0.1, 0.15) is 5.69 Å². The van der Waals surface area contributed by atoms with E-state index in [1.165, 1.54) is 12.3 Å². The van der Waals surface area contributed by atoms with Crippen molar-refractivity contribution in [1.82, 2.24) is 9.97 Å². The highest BCUT2D eigenvalue weighted by atomic mass is 19.3. The molecule has 0 aliphatic carbocycles. The predicted molar refractivity (Wildman–Crippen MR) is 78.1 cm³/mol. The fourth-order valence-electron chi connectivity index (χ4n) is 2.00. The van der Waals surface area contributed by atoms with Gasteiger partial charge in [0.2, 0.25) is 0 Å². The maximum Gasteiger partial charge on any atom is 0.286 e. The number of rotatable bonds is 1. The minimum absolute atomic E-state index is 0.248. The van der Waals surface area contributed by atoms with Gasteiger partial charge in [0.15, 0.2) is 0 Å². The number of nitrogens with one attached hydrogen (secondary N) is 1. The van der Waals surface area contributed by atoms with Crippen LogP contribution in [-0.4, -0.2) is 9.97 Å². The lowest BCUT2D eigenvalue weighted by Crippen LogP contribution is -2.09. The average Bonchev–Trinajstić information content (AvgIpc) is 2.92. The van der Waals surface area contributed by atoms with E-state index in [0.29, 0.717) is 5.56 Å². The third kappa shape index (κ3) is 2.92. The molecule has 1 N–H and O–H groups in total. The summed E-state index contributed by atoms with van der Waals surface area (Å²) in [6.07, 6.45) is 3.24. The fourth-order valence-corrected chi connectivity index (χ4v) is 2.00. The summed E-state index contributed by atoms with van der Waals surface area (Å²) in [6.45, 7) is 0.826. The Bertz CT molecular complexity index is 831. The van der Waals surface area contributed by atoms with Crippen LogP contribution in [0.2, 0.25) is 0 Å². The van der Waals surface area contributed by atoms with E-state index in [-0.39, 0.29) is 5.69 Å². The maximum absolute atomic E-state index is 13.1. The maximum atomic E-state index is 13.1. The van der Waals surface area contributed by atoms with Crippen LogP contribution in [0, 0.1) is 11.8 Å². The molecule has 0 atom stereocenters. The molecule has 0 aliphatic heterocycles. The van der Waals surface area contributed by atoms with Crippen LogP contribution in [0.1, 0.15) is 23.7 Å². The summed E-state index contributed by atoms with van der Waals surface area (Å²) < 4.78 is 26.1. The number of aromatic amines is 1. The van der Waals surface area contributed by atoms with Crippen molar-refractivity contribution in [2.45, 2.75) is 12.8 Å². The summed E-state index contributed by atoms with van der Waals surface area (Å²) in [4.78, 5) is 6.86. The number of hydrogen-bond donors (Lipinski definition) is 1. The van der Waals surface area contributed by atoms with Crippen molar-refractivity contribution in [2.75, 3.05) is 0 Å². The van der Waals surface area contributed by atoms with Gasteiger partial charge in [-0.15, -0.1) is 0 Å². The first-order valence-electron chi connectivity index (χ1n) is 6.46. The lowest BCUT2D eigenvalue weighted by molar-refractivity contribution is 0.0127. The Hall–Kier alpha value is -2.67. The smallest absolute Gasteiger partial charge is 0.286 e. The zero-order chi connectivity index (χ0) is 14.9. The van der Waals surface area contributed by atoms with Crippen molar-refractivity contribution >= 4 is 10.9 Å². The molecule has 3 aromatic rings. The lowest BCUT2D eigenvalue weighted by Gasteiger charge is -2.08. The number of H-pyrrole nitrogens is 1. The number of benzene rings is 1. The number of halogens is 2. The lowest BCUT2D eigenvalue weighted by atomic mass is 10.1. The zero-order valence-electron chi connectivity index (χ0n) is 11.3. The van der Waals surface area contributed by atoms with Gasteiger partial charge in [0.05, 0.1) is 0 Å². The number of fused-ring (bicyclic) bond motifs is 1. The highest BCUT2D eigenvalue weighted by Gasteiger charge is 2.25. The van der Waals surface area contributed by atoms with Crippen LogP contribution in [0.4, 0.5) is 8.78 Å². The molecule has 0 spiro atoms. The summed E-state index contributed by atoms with van der Waals surface area (Å²) in [7, 11) is 0. The predicted octanol–water partition coefficient (Wildman–Crippen LogP) is 4.07. The number of aromatic nitrogens is 2. The van der Waals surface area contributed by atoms with Crippen molar-refractivity contribution in [3.05, 3.63) is 65.6 Å². The summed E-state index contributed by atoms with van der Waals surface area (Å²) in [5.74, 6) is 3.01. The van der Waals surface area contributed by atoms with Crippen LogP contribution in [0.15, 0.2) is 48.8 Å². The van der Waals surface area contributed by atoms with Crippen molar-refractivity contribution in [2.24, 2.45) is 0 Å². The SMILES string of the molecule is CC(F)(F)c1ccc(C#Cc2ccc3[nH]ccc3c2)cn1. The van der Waals surface area contributed by atoms with Gasteiger partial charge in [-0.1, -0.05) is 11.8 Å². The molecule has 0 radical (unpaired) electrons. The minimum Gasteiger partial charge on any atom is -0.361 e. The van der Waals surface area contributed by atoms with Gasteiger partial charge < -0.3 is 4.98 Å². The topological polar surface area (TPSA) is 28.7 Å². The molecule has 2 heterocycles. The highest BCUT2D eigenvalue weighted by molar-refractivity contribution is 5.80. The van der Waals surface area contributed by atoms with Gasteiger partial charge in [0, 0.05) is 41.3 Å². The quantitative estimate of drug-likeness (QED) is 0.669. The molecule has 21 heavy (non-hydrogen) atoms. The van der Waals surface area contributed by atoms with Gasteiger partial charge in [-0.05, 0) is 36.4 Å². The molecule has 4 heteroatoms. The molecule has 0 amide bonds. The first kappa shape index (κ1) is 13.3. The molecular weight excluding hydrogens is 270 g/mol. The van der Waals surface area contributed by atoms with Gasteiger partial charge in [0.25, 0.3) is 5.92 Å². The summed E-state index contributed by atoms with van der Waals surface area (Å²) in [6, 6.07) is 10.7. The molecule has 0 saturated heterocycles. The third-order valence-corrected chi connectivity index (χ3v) is 3.12. The van der Waals surface area contributed by atoms with Gasteiger partial charge in [-0.25, -0.2) is 0 Å². The first-order chi connectivity index (χ1) is 10.0. The molecule has 2 aromatic heterocycles. The second-order valence-corrected chi connectivity index (χ2v) is 4.85. The van der Waals surface area contributed by atoms with Crippen LogP contribution in [0.25, 0.3) is 10.9 Å². The first-order valence-corrected chi connectivity index (χ1v) is 6.46. The van der Waals surface area contributed by atoms with Crippen LogP contribution in [0.5, 0.6) is 0 Å². The molecule has 3 rings (SSSR count). The number of nitrogens with zero attached hydrogens (tertiary/aromatic N) is 1. The van der Waals surface area contributed by atoms with E-state index in [4.69, 9.17) is 0 Å². The Kier molecular flexibility index (Phi) is 3.19. The Morgan fingerprint density at radius 2 is 1.81 bits per heavy atom. The molecule has 0 unspecified atom stereocenters. The Balaban J connectivity index is 1.86. The van der Waals surface area contributed by atoms with Crippen LogP contribution in [0.3, 0.4) is 0 Å². The van der Waals surface area contributed by atoms with E-state index < -0.39 is 5.92 Å². The fraction of sp³-hybridized carbons (Fsp3) is 0.118. The number of alkyl halides is 2. The molecule has 0 aliphatic rings. The molecule has 1 aromatic carbocycles. The molecular formula is C17H12F2N2. The van der Waals surface area contributed by atoms with E-state index in [2.05, 4.69) is 21.8 Å². The van der Waals surface area contributed by atoms with E-state index in [1.54, 1.807) is 6.07 Å². The van der Waals surface area contributed by atoms with Gasteiger partial charge >= 0.3 is 0 Å². The van der Waals surface area contributed by atoms with E-state index >= 15 is 0 Å². The van der Waals surface area contributed by atoms with E-state index in [9.17, 15) is 8.78 Å². The normalized spacial score (nSPS) is 11.2. The van der Waals surface area contributed by atoms with E-state index in [0.717, 1.165) is 23.4 Å². The second kappa shape index (κ2) is 5.02. The summed E-state index contributed by atoms with van der Waals surface area (Å²) in [5, 5.41) is 1.08. The number of hydrogen-bond acceptors (Lipinski definition) is 1. The third-order valence-electron chi connectivity index (χ3n) is 3.12. The Morgan fingerprint density at radius 3 is 2.52 bits per heavy atom. The Morgan fingerprint density at radius 1 is 1.05 bits per heavy atom. The number of pyridine rings is 1. The summed E-state index contributed by atoms with van der Waals surface area (Å²) in [5.41, 5.74) is 2.28. The average molecular weight is 282 g/mol. The molecule has 0 fully saturated rings. The molecule has 2 nitrogen and oxygen atoms in total. The van der Waals surface area contributed by atoms with Crippen molar-refractivity contribution in [3.8, 4) is 11.8 Å². The van der Waals surface area contributed by atoms with Crippen LogP contribution in [-0.2, 0) is 5.92 Å². The highest BCUT2D eigenvalue weighted by Crippen LogP contribution is 2.24. The van der Waals surface area contributed by atoms with Gasteiger partial charge in [-0.2, -0.15) is 8.78 Å². The summed E-state index contributed by atoms with van der Waals surface area (Å²) >= 11 is 0. The van der Waals surface area contributed by atoms with Crippen LogP contribution >= 0.6 is 0 Å². The van der Waals surface area contributed by atoms with Crippen LogP contribution < -0.4 is 0 Å². The monoisotopic (exact) mass is 282 g/mol. The van der Waals surface area contributed by atoms with Gasteiger partial charge in [-0.3, -0.25) is 4.98 Å². The molecule has 104 valence electrons. The largest absolute Gasteiger partial charge is 0.361 e. The standard InChI is InChI=1S/C17H12F2N2/c1-17(18,19)16-7-5-13(11-21-16)3-2-12-4-6-15-14(10-12)8-9-20-15/h4-11,20H,1H3. The molecule has 0 saturated carbocycles. The second-order valence-electron chi connectivity index (χ2n) is 4.85. The van der Waals surface area contributed by atoms with Crippen molar-refractivity contribution in [1.29, 1.82) is 0 Å². The van der Waals surface area contributed by atoms with Crippen molar-refractivity contribution in [3.63, 3.8) is 0 Å². The Labute approximate surface area is 120 Å². The van der Waals surface area contributed by atoms with Crippen molar-refractivity contribution < 1.29 is 8.78 Å². The molecule has 0 bridgehead atoms.